The summed E-state index contributed by atoms with van der Waals surface area (Å²) in [6, 6.07) is 26.2. The summed E-state index contributed by atoms with van der Waals surface area (Å²) in [5, 5.41) is 4.71. The van der Waals surface area contributed by atoms with Crippen molar-refractivity contribution in [3.8, 4) is 16.9 Å². The van der Waals surface area contributed by atoms with E-state index < -0.39 is 0 Å². The molecule has 0 atom stereocenters. The first kappa shape index (κ1) is 23.2. The van der Waals surface area contributed by atoms with Crippen molar-refractivity contribution in [1.29, 1.82) is 0 Å². The molecule has 0 unspecified atom stereocenters. The second-order valence-corrected chi connectivity index (χ2v) is 8.74. The van der Waals surface area contributed by atoms with Crippen molar-refractivity contribution in [2.45, 2.75) is 19.8 Å². The monoisotopic (exact) mass is 478 g/mol. The molecule has 0 saturated carbocycles. The molecular weight excluding hydrogens is 452 g/mol. The lowest BCUT2D eigenvalue weighted by molar-refractivity contribution is 0.0793. The Morgan fingerprint density at radius 2 is 1.69 bits per heavy atom. The molecular formula is C29H26N4O3. The van der Waals surface area contributed by atoms with Crippen LogP contribution in [0.2, 0.25) is 0 Å². The molecule has 5 rings (SSSR count). The van der Waals surface area contributed by atoms with E-state index in [-0.39, 0.29) is 11.5 Å². The van der Waals surface area contributed by atoms with Gasteiger partial charge in [0.25, 0.3) is 11.5 Å². The third-order valence-corrected chi connectivity index (χ3v) is 6.21. The number of aromatic nitrogens is 3. The minimum Gasteiger partial charge on any atom is -0.361 e. The van der Waals surface area contributed by atoms with Crippen LogP contribution in [0.1, 0.15) is 28.4 Å². The van der Waals surface area contributed by atoms with Crippen molar-refractivity contribution < 1.29 is 9.32 Å². The molecule has 0 spiro atoms. The van der Waals surface area contributed by atoms with E-state index in [9.17, 15) is 9.59 Å². The fourth-order valence-corrected chi connectivity index (χ4v) is 4.29. The predicted octanol–water partition coefficient (Wildman–Crippen LogP) is 5.05. The van der Waals surface area contributed by atoms with Gasteiger partial charge in [-0.3, -0.25) is 14.2 Å². The maximum atomic E-state index is 13.0. The van der Waals surface area contributed by atoms with E-state index in [1.165, 1.54) is 0 Å². The molecule has 1 amide bonds. The van der Waals surface area contributed by atoms with Crippen LogP contribution in [0.25, 0.3) is 27.8 Å². The summed E-state index contributed by atoms with van der Waals surface area (Å²) in [5.41, 5.74) is 3.61. The lowest BCUT2D eigenvalue weighted by Crippen LogP contribution is -2.28. The summed E-state index contributed by atoms with van der Waals surface area (Å²) in [5.74, 6) is 1.31. The average molecular weight is 479 g/mol. The van der Waals surface area contributed by atoms with Gasteiger partial charge in [-0.2, -0.15) is 0 Å². The minimum atomic E-state index is -0.128. The Bertz CT molecular complexity index is 1570. The van der Waals surface area contributed by atoms with Crippen molar-refractivity contribution in [2.75, 3.05) is 13.6 Å². The Morgan fingerprint density at radius 1 is 0.972 bits per heavy atom. The number of benzene rings is 3. The Morgan fingerprint density at radius 3 is 2.47 bits per heavy atom. The quantitative estimate of drug-likeness (QED) is 0.327. The van der Waals surface area contributed by atoms with Crippen LogP contribution in [0, 0.1) is 6.92 Å². The number of para-hydroxylation sites is 1. The van der Waals surface area contributed by atoms with Crippen LogP contribution in [0.4, 0.5) is 0 Å². The zero-order chi connectivity index (χ0) is 25.1. The molecule has 7 heteroatoms. The second kappa shape index (κ2) is 10.00. The van der Waals surface area contributed by atoms with Gasteiger partial charge in [0, 0.05) is 37.2 Å². The van der Waals surface area contributed by atoms with Gasteiger partial charge in [-0.1, -0.05) is 47.6 Å². The number of hydrogen-bond acceptors (Lipinski definition) is 5. The van der Waals surface area contributed by atoms with Gasteiger partial charge in [0.2, 0.25) is 0 Å². The molecule has 5 aromatic rings. The van der Waals surface area contributed by atoms with Crippen molar-refractivity contribution in [3.63, 3.8) is 0 Å². The van der Waals surface area contributed by atoms with Gasteiger partial charge in [-0.15, -0.1) is 0 Å². The van der Waals surface area contributed by atoms with Gasteiger partial charge < -0.3 is 9.42 Å². The van der Waals surface area contributed by atoms with Crippen LogP contribution in [0.3, 0.4) is 0 Å². The highest BCUT2D eigenvalue weighted by Crippen LogP contribution is 2.19. The lowest BCUT2D eigenvalue weighted by Gasteiger charge is -2.17. The maximum absolute atomic E-state index is 13.0. The zero-order valence-electron chi connectivity index (χ0n) is 20.2. The summed E-state index contributed by atoms with van der Waals surface area (Å²) < 4.78 is 7.03. The van der Waals surface area contributed by atoms with Gasteiger partial charge in [-0.25, -0.2) is 4.98 Å². The standard InChI is InChI=1S/C29H26N4O3/c1-20-30-26-13-7-6-12-25(26)29(35)33(20)23-16-14-22(15-17-23)28(34)32(2)18-8-11-24-19-27(31-36-24)21-9-4-3-5-10-21/h3-7,9-10,12-17,19H,8,11,18H2,1-2H3. The van der Waals surface area contributed by atoms with E-state index >= 15 is 0 Å². The summed E-state index contributed by atoms with van der Waals surface area (Å²) in [7, 11) is 1.79. The molecule has 0 aliphatic rings. The summed E-state index contributed by atoms with van der Waals surface area (Å²) in [6.45, 7) is 2.38. The lowest BCUT2D eigenvalue weighted by atomic mass is 10.1. The highest BCUT2D eigenvalue weighted by atomic mass is 16.5. The second-order valence-electron chi connectivity index (χ2n) is 8.74. The first-order chi connectivity index (χ1) is 17.5. The van der Waals surface area contributed by atoms with E-state index in [1.54, 1.807) is 53.8 Å². The van der Waals surface area contributed by atoms with Crippen LogP contribution in [-0.4, -0.2) is 39.1 Å². The van der Waals surface area contributed by atoms with Gasteiger partial charge >= 0.3 is 0 Å². The highest BCUT2D eigenvalue weighted by molar-refractivity contribution is 5.94. The first-order valence-electron chi connectivity index (χ1n) is 11.9. The van der Waals surface area contributed by atoms with E-state index in [0.717, 1.165) is 23.4 Å². The minimum absolute atomic E-state index is 0.0789. The van der Waals surface area contributed by atoms with Crippen molar-refractivity contribution in [2.24, 2.45) is 0 Å². The van der Waals surface area contributed by atoms with Crippen molar-refractivity contribution >= 4 is 16.8 Å². The smallest absolute Gasteiger partial charge is 0.265 e. The molecule has 7 nitrogen and oxygen atoms in total. The van der Waals surface area contributed by atoms with Crippen LogP contribution in [0.5, 0.6) is 0 Å². The molecule has 2 aromatic heterocycles. The fraction of sp³-hybridized carbons (Fsp3) is 0.172. The third-order valence-electron chi connectivity index (χ3n) is 6.21. The van der Waals surface area contributed by atoms with E-state index in [0.29, 0.717) is 40.9 Å². The first-order valence-corrected chi connectivity index (χ1v) is 11.9. The topological polar surface area (TPSA) is 81.2 Å². The van der Waals surface area contributed by atoms with Crippen molar-refractivity contribution in [3.05, 3.63) is 112 Å². The zero-order valence-corrected chi connectivity index (χ0v) is 20.2. The van der Waals surface area contributed by atoms with Gasteiger partial charge in [0.1, 0.15) is 17.3 Å². The van der Waals surface area contributed by atoms with Gasteiger partial charge in [-0.05, 0) is 49.7 Å². The normalized spacial score (nSPS) is 11.1. The van der Waals surface area contributed by atoms with Gasteiger partial charge in [0.05, 0.1) is 16.6 Å². The highest BCUT2D eigenvalue weighted by Gasteiger charge is 2.14. The van der Waals surface area contributed by atoms with Gasteiger partial charge in [0.15, 0.2) is 0 Å². The van der Waals surface area contributed by atoms with E-state index in [2.05, 4.69) is 10.1 Å². The molecule has 3 aromatic carbocycles. The Kier molecular flexibility index (Phi) is 6.45. The molecule has 0 N–H and O–H groups in total. The van der Waals surface area contributed by atoms with Crippen LogP contribution in [-0.2, 0) is 6.42 Å². The molecule has 0 fully saturated rings. The number of carbonyl (C=O) groups excluding carboxylic acids is 1. The molecule has 0 bridgehead atoms. The van der Waals surface area contributed by atoms with Crippen LogP contribution >= 0.6 is 0 Å². The number of amides is 1. The molecule has 180 valence electrons. The molecule has 0 aliphatic carbocycles. The number of carbonyl (C=O) groups is 1. The number of nitrogens with zero attached hydrogens (tertiary/aromatic N) is 4. The molecule has 0 radical (unpaired) electrons. The molecule has 0 saturated heterocycles. The molecule has 2 heterocycles. The Balaban J connectivity index is 1.23. The maximum Gasteiger partial charge on any atom is 0.265 e. The number of fused-ring (bicyclic) bond motifs is 1. The van der Waals surface area contributed by atoms with E-state index in [4.69, 9.17) is 4.52 Å². The predicted molar refractivity (Wildman–Crippen MR) is 139 cm³/mol. The number of hydrogen-bond donors (Lipinski definition) is 0. The van der Waals surface area contributed by atoms with Crippen molar-refractivity contribution in [1.82, 2.24) is 19.6 Å². The summed E-state index contributed by atoms with van der Waals surface area (Å²) >= 11 is 0. The van der Waals surface area contributed by atoms with E-state index in [1.807, 2.05) is 54.6 Å². The third kappa shape index (κ3) is 4.68. The number of aryl methyl sites for hydroxylation is 2. The summed E-state index contributed by atoms with van der Waals surface area (Å²) in [4.78, 5) is 32.2. The molecule has 36 heavy (non-hydrogen) atoms. The van der Waals surface area contributed by atoms with Crippen LogP contribution in [0.15, 0.2) is 94.2 Å². The largest absolute Gasteiger partial charge is 0.361 e. The Labute approximate surface area is 208 Å². The SMILES string of the molecule is Cc1nc2ccccc2c(=O)n1-c1ccc(C(=O)N(C)CCCc2cc(-c3ccccc3)no2)cc1. The number of rotatable bonds is 7. The fourth-order valence-electron chi connectivity index (χ4n) is 4.29. The van der Waals surface area contributed by atoms with Crippen LogP contribution < -0.4 is 5.56 Å². The summed E-state index contributed by atoms with van der Waals surface area (Å²) in [6.07, 6.45) is 1.44. The molecule has 0 aliphatic heterocycles. The Hall–Kier alpha value is -4.52. The average Bonchev–Trinajstić information content (AvgIpc) is 3.38.